The third-order valence-electron chi connectivity index (χ3n) is 3.67. The van der Waals surface area contributed by atoms with Crippen molar-refractivity contribution in [2.24, 2.45) is 0 Å². The fourth-order valence-corrected chi connectivity index (χ4v) is 4.97. The number of fused-ring (bicyclic) bond motifs is 1. The minimum Gasteiger partial charge on any atom is -0.315 e. The van der Waals surface area contributed by atoms with Crippen molar-refractivity contribution in [1.82, 2.24) is 10.1 Å². The van der Waals surface area contributed by atoms with Crippen LogP contribution in [-0.4, -0.2) is 11.6 Å². The van der Waals surface area contributed by atoms with E-state index in [9.17, 15) is 4.57 Å². The van der Waals surface area contributed by atoms with E-state index < -0.39 is 7.52 Å². The van der Waals surface area contributed by atoms with E-state index in [-0.39, 0.29) is 0 Å². The van der Waals surface area contributed by atoms with Crippen LogP contribution in [0.15, 0.2) is 65.3 Å². The Bertz CT molecular complexity index is 887. The summed E-state index contributed by atoms with van der Waals surface area (Å²) in [5, 5.41) is 5.70. The Morgan fingerprint density at radius 3 is 2.54 bits per heavy atom. The van der Waals surface area contributed by atoms with Gasteiger partial charge in [-0.2, -0.15) is 0 Å². The summed E-state index contributed by atoms with van der Waals surface area (Å²) in [7, 11) is -3.21. The molecule has 1 aromatic heterocycles. The molecule has 0 bridgehead atoms. The molecule has 0 saturated heterocycles. The summed E-state index contributed by atoms with van der Waals surface area (Å²) in [4.78, 5) is 4.27. The lowest BCUT2D eigenvalue weighted by atomic mass is 10.1. The summed E-state index contributed by atoms with van der Waals surface area (Å²) >= 11 is 3.55. The predicted octanol–water partition coefficient (Wildman–Crippen LogP) is 4.64. The number of benzene rings is 2. The summed E-state index contributed by atoms with van der Waals surface area (Å²) < 4.78 is 20.2. The largest absolute Gasteiger partial charge is 0.315 e. The number of halogens is 1. The van der Waals surface area contributed by atoms with E-state index in [0.717, 1.165) is 20.9 Å². The van der Waals surface area contributed by atoms with Gasteiger partial charge in [0.2, 0.25) is 0 Å². The van der Waals surface area contributed by atoms with Gasteiger partial charge in [0.1, 0.15) is 0 Å². The van der Waals surface area contributed by atoms with Crippen molar-refractivity contribution in [3.8, 4) is 0 Å². The molecule has 1 unspecified atom stereocenters. The number of pyridine rings is 1. The minimum atomic E-state index is -3.21. The van der Waals surface area contributed by atoms with Gasteiger partial charge < -0.3 is 4.52 Å². The molecule has 0 radical (unpaired) electrons. The molecule has 1 heterocycles. The second kappa shape index (κ2) is 7.58. The first-order valence-electron chi connectivity index (χ1n) is 7.71. The topological polar surface area (TPSA) is 51.2 Å². The highest BCUT2D eigenvalue weighted by atomic mass is 79.9. The highest BCUT2D eigenvalue weighted by Gasteiger charge is 2.27. The normalized spacial score (nSPS) is 13.8. The molecule has 0 aliphatic carbocycles. The number of nitrogens with one attached hydrogen (secondary N) is 1. The van der Waals surface area contributed by atoms with Crippen molar-refractivity contribution in [2.75, 3.05) is 6.61 Å². The van der Waals surface area contributed by atoms with Crippen molar-refractivity contribution in [1.29, 1.82) is 0 Å². The van der Waals surface area contributed by atoms with Crippen LogP contribution in [0.5, 0.6) is 0 Å². The molecular weight excluding hydrogens is 387 g/mol. The van der Waals surface area contributed by atoms with E-state index in [2.05, 4.69) is 26.0 Å². The quantitative estimate of drug-likeness (QED) is 0.607. The molecule has 0 aliphatic rings. The third kappa shape index (κ3) is 3.60. The van der Waals surface area contributed by atoms with Gasteiger partial charge in [-0.1, -0.05) is 46.3 Å². The smallest absolute Gasteiger partial charge is 0.300 e. The Labute approximate surface area is 149 Å². The van der Waals surface area contributed by atoms with Crippen LogP contribution in [0.4, 0.5) is 0 Å². The van der Waals surface area contributed by atoms with E-state index in [4.69, 9.17) is 4.52 Å². The fraction of sp³-hybridized carbons (Fsp3) is 0.167. The van der Waals surface area contributed by atoms with Gasteiger partial charge in [-0.3, -0.25) is 9.55 Å². The van der Waals surface area contributed by atoms with Crippen LogP contribution in [-0.2, 0) is 15.6 Å². The lowest BCUT2D eigenvalue weighted by Gasteiger charge is -2.21. The zero-order valence-corrected chi connectivity index (χ0v) is 15.8. The van der Waals surface area contributed by atoms with E-state index in [0.29, 0.717) is 18.5 Å². The maximum Gasteiger partial charge on any atom is 0.300 e. The van der Waals surface area contributed by atoms with Crippen LogP contribution in [0.3, 0.4) is 0 Å². The molecule has 0 saturated carbocycles. The number of nitrogens with zero attached hydrogens (tertiary/aromatic N) is 1. The van der Waals surface area contributed by atoms with Crippen LogP contribution in [0, 0.1) is 0 Å². The first kappa shape index (κ1) is 17.3. The molecule has 3 rings (SSSR count). The Kier molecular flexibility index (Phi) is 5.47. The molecular formula is C18H18BrN2O2P. The standard InChI is InChI=1S/C18H18BrN2O2P/c1-2-23-24(22,21-13-14-7-5-6-12-20-14)18-11-10-17(19)15-8-3-4-9-16(15)18/h3-12H,2,13H2,1H3,(H,21,22). The van der Waals surface area contributed by atoms with E-state index in [1.165, 1.54) is 0 Å². The Hall–Kier alpha value is -1.52. The average Bonchev–Trinajstić information content (AvgIpc) is 2.62. The monoisotopic (exact) mass is 404 g/mol. The SMILES string of the molecule is CCOP(=O)(NCc1ccccn1)c1ccc(Br)c2ccccc12. The molecule has 6 heteroatoms. The van der Waals surface area contributed by atoms with E-state index >= 15 is 0 Å². The summed E-state index contributed by atoms with van der Waals surface area (Å²) in [6.45, 7) is 2.58. The molecule has 1 atom stereocenters. The van der Waals surface area contributed by atoms with Gasteiger partial charge in [-0.05, 0) is 42.0 Å². The molecule has 0 spiro atoms. The van der Waals surface area contributed by atoms with Crippen molar-refractivity contribution in [2.45, 2.75) is 13.5 Å². The molecule has 0 amide bonds. The average molecular weight is 405 g/mol. The van der Waals surface area contributed by atoms with Crippen LogP contribution >= 0.6 is 23.4 Å². The molecule has 1 N–H and O–H groups in total. The van der Waals surface area contributed by atoms with Crippen molar-refractivity contribution in [3.05, 3.63) is 71.0 Å². The van der Waals surface area contributed by atoms with Gasteiger partial charge in [-0.15, -0.1) is 0 Å². The molecule has 3 aromatic rings. The molecule has 0 aliphatic heterocycles. The highest BCUT2D eigenvalue weighted by Crippen LogP contribution is 2.44. The maximum atomic E-state index is 13.5. The van der Waals surface area contributed by atoms with Gasteiger partial charge in [0.15, 0.2) is 0 Å². The molecule has 4 nitrogen and oxygen atoms in total. The molecule has 124 valence electrons. The fourth-order valence-electron chi connectivity index (χ4n) is 2.57. The zero-order chi connectivity index (χ0) is 17.0. The lowest BCUT2D eigenvalue weighted by molar-refractivity contribution is 0.332. The summed E-state index contributed by atoms with van der Waals surface area (Å²) in [5.41, 5.74) is 0.818. The van der Waals surface area contributed by atoms with Crippen LogP contribution in [0.1, 0.15) is 12.6 Å². The minimum absolute atomic E-state index is 0.358. The van der Waals surface area contributed by atoms with Crippen molar-refractivity contribution < 1.29 is 9.09 Å². The summed E-state index contributed by atoms with van der Waals surface area (Å²) in [5.74, 6) is 0. The number of hydrogen-bond acceptors (Lipinski definition) is 3. The maximum absolute atomic E-state index is 13.5. The van der Waals surface area contributed by atoms with Gasteiger partial charge in [0.05, 0.1) is 17.6 Å². The van der Waals surface area contributed by atoms with Gasteiger partial charge in [-0.25, -0.2) is 5.09 Å². The van der Waals surface area contributed by atoms with Gasteiger partial charge in [0, 0.05) is 17.2 Å². The summed E-state index contributed by atoms with van der Waals surface area (Å²) in [6.07, 6.45) is 1.72. The first-order valence-corrected chi connectivity index (χ1v) is 10.1. The zero-order valence-electron chi connectivity index (χ0n) is 13.3. The highest BCUT2D eigenvalue weighted by molar-refractivity contribution is 9.10. The molecule has 0 fully saturated rings. The second-order valence-electron chi connectivity index (χ2n) is 5.24. The first-order chi connectivity index (χ1) is 11.6. The van der Waals surface area contributed by atoms with E-state index in [1.54, 1.807) is 6.20 Å². The number of hydrogen-bond donors (Lipinski definition) is 1. The second-order valence-corrected chi connectivity index (χ2v) is 8.25. The molecule has 2 aromatic carbocycles. The van der Waals surface area contributed by atoms with Gasteiger partial charge in [0.25, 0.3) is 0 Å². The number of aromatic nitrogens is 1. The van der Waals surface area contributed by atoms with Crippen LogP contribution < -0.4 is 10.4 Å². The predicted molar refractivity (Wildman–Crippen MR) is 102 cm³/mol. The Balaban J connectivity index is 2.01. The van der Waals surface area contributed by atoms with Crippen molar-refractivity contribution in [3.63, 3.8) is 0 Å². The summed E-state index contributed by atoms with van der Waals surface area (Å²) in [6, 6.07) is 17.3. The lowest BCUT2D eigenvalue weighted by Crippen LogP contribution is -2.22. The Morgan fingerprint density at radius 2 is 1.83 bits per heavy atom. The Morgan fingerprint density at radius 1 is 1.08 bits per heavy atom. The van der Waals surface area contributed by atoms with Crippen LogP contribution in [0.25, 0.3) is 10.8 Å². The van der Waals surface area contributed by atoms with Crippen molar-refractivity contribution >= 4 is 39.5 Å². The molecule has 24 heavy (non-hydrogen) atoms. The van der Waals surface area contributed by atoms with Gasteiger partial charge >= 0.3 is 7.52 Å². The third-order valence-corrected chi connectivity index (χ3v) is 6.58. The number of rotatable bonds is 6. The van der Waals surface area contributed by atoms with E-state index in [1.807, 2.05) is 61.5 Å². The van der Waals surface area contributed by atoms with Crippen LogP contribution in [0.2, 0.25) is 0 Å².